The lowest BCUT2D eigenvalue weighted by Crippen LogP contribution is -1.99. The lowest BCUT2D eigenvalue weighted by molar-refractivity contribution is 0.304. The topological polar surface area (TPSA) is 9.23 Å². The van der Waals surface area contributed by atoms with Crippen LogP contribution in [0.15, 0.2) is 36.9 Å². The second-order valence-corrected chi connectivity index (χ2v) is 5.41. The van der Waals surface area contributed by atoms with Crippen molar-refractivity contribution in [2.75, 3.05) is 0 Å². The Morgan fingerprint density at radius 2 is 1.60 bits per heavy atom. The first-order valence-electron chi connectivity index (χ1n) is 6.94. The second kappa shape index (κ2) is 5.96. The van der Waals surface area contributed by atoms with E-state index in [4.69, 9.17) is 4.74 Å². The number of hydrogen-bond acceptors (Lipinski definition) is 1. The van der Waals surface area contributed by atoms with E-state index in [1.807, 2.05) is 6.08 Å². The van der Waals surface area contributed by atoms with Crippen molar-refractivity contribution in [1.29, 1.82) is 0 Å². The van der Waals surface area contributed by atoms with Crippen molar-refractivity contribution in [3.8, 4) is 5.75 Å². The molecule has 0 aromatic heterocycles. The molecule has 2 rings (SSSR count). The van der Waals surface area contributed by atoms with E-state index in [2.05, 4.69) is 64.6 Å². The fraction of sp³-hybridized carbons (Fsp3) is 0.263. The van der Waals surface area contributed by atoms with Crippen molar-refractivity contribution in [2.45, 2.75) is 34.3 Å². The maximum Gasteiger partial charge on any atom is 0.122 e. The van der Waals surface area contributed by atoms with E-state index in [-0.39, 0.29) is 0 Å². The van der Waals surface area contributed by atoms with Crippen molar-refractivity contribution in [3.63, 3.8) is 0 Å². The quantitative estimate of drug-likeness (QED) is 0.744. The van der Waals surface area contributed by atoms with Gasteiger partial charge in [-0.1, -0.05) is 36.9 Å². The molecule has 104 valence electrons. The van der Waals surface area contributed by atoms with Crippen molar-refractivity contribution in [1.82, 2.24) is 0 Å². The normalized spacial score (nSPS) is 10.4. The van der Waals surface area contributed by atoms with E-state index in [1.54, 1.807) is 0 Å². The van der Waals surface area contributed by atoms with Crippen LogP contribution in [0, 0.1) is 27.7 Å². The van der Waals surface area contributed by atoms with Crippen LogP contribution in [0.3, 0.4) is 0 Å². The van der Waals surface area contributed by atoms with Crippen LogP contribution in [0.25, 0.3) is 6.08 Å². The second-order valence-electron chi connectivity index (χ2n) is 5.41. The van der Waals surface area contributed by atoms with Gasteiger partial charge in [-0.3, -0.25) is 0 Å². The molecule has 20 heavy (non-hydrogen) atoms. The van der Waals surface area contributed by atoms with Gasteiger partial charge < -0.3 is 4.74 Å². The largest absolute Gasteiger partial charge is 0.489 e. The number of benzene rings is 2. The summed E-state index contributed by atoms with van der Waals surface area (Å²) in [6.45, 7) is 12.9. The average Bonchev–Trinajstić information content (AvgIpc) is 2.39. The molecule has 0 bridgehead atoms. The fourth-order valence-corrected chi connectivity index (χ4v) is 2.49. The van der Waals surface area contributed by atoms with Crippen LogP contribution >= 0.6 is 0 Å². The predicted octanol–water partition coefficient (Wildman–Crippen LogP) is 5.14. The minimum atomic E-state index is 0.601. The van der Waals surface area contributed by atoms with Crippen molar-refractivity contribution >= 4 is 6.08 Å². The lowest BCUT2D eigenvalue weighted by atomic mass is 10.00. The van der Waals surface area contributed by atoms with Gasteiger partial charge in [-0.15, -0.1) is 0 Å². The molecule has 0 heterocycles. The summed E-state index contributed by atoms with van der Waals surface area (Å²) in [5.41, 5.74) is 7.32. The maximum absolute atomic E-state index is 5.96. The van der Waals surface area contributed by atoms with Gasteiger partial charge in [0.2, 0.25) is 0 Å². The van der Waals surface area contributed by atoms with E-state index in [0.29, 0.717) is 6.61 Å². The molecule has 0 atom stereocenters. The van der Waals surface area contributed by atoms with Gasteiger partial charge >= 0.3 is 0 Å². The summed E-state index contributed by atoms with van der Waals surface area (Å²) in [6.07, 6.45) is 1.92. The number of rotatable bonds is 4. The molecule has 0 spiro atoms. The third-order valence-corrected chi connectivity index (χ3v) is 3.60. The Labute approximate surface area is 121 Å². The van der Waals surface area contributed by atoms with Gasteiger partial charge in [-0.25, -0.2) is 0 Å². The molecule has 1 heteroatoms. The summed E-state index contributed by atoms with van der Waals surface area (Å²) in [5, 5.41) is 0. The predicted molar refractivity (Wildman–Crippen MR) is 86.3 cm³/mol. The zero-order valence-corrected chi connectivity index (χ0v) is 12.8. The average molecular weight is 266 g/mol. The highest BCUT2D eigenvalue weighted by Crippen LogP contribution is 2.22. The molecular formula is C19H22O. The van der Waals surface area contributed by atoms with Crippen LogP contribution in [0.4, 0.5) is 0 Å². The molecule has 2 aromatic carbocycles. The molecule has 0 radical (unpaired) electrons. The molecule has 0 N–H and O–H groups in total. The Kier molecular flexibility index (Phi) is 4.29. The third kappa shape index (κ3) is 3.11. The SMILES string of the molecule is C=Cc1c(C)cc(COc2cc(C)ccc2C)cc1C. The van der Waals surface area contributed by atoms with Gasteiger partial charge in [0.25, 0.3) is 0 Å². The summed E-state index contributed by atoms with van der Waals surface area (Å²) >= 11 is 0. The Balaban J connectivity index is 2.19. The van der Waals surface area contributed by atoms with Crippen LogP contribution in [-0.4, -0.2) is 0 Å². The fourth-order valence-electron chi connectivity index (χ4n) is 2.49. The van der Waals surface area contributed by atoms with Gasteiger partial charge in [-0.05, 0) is 67.1 Å². The molecule has 0 unspecified atom stereocenters. The van der Waals surface area contributed by atoms with E-state index in [1.165, 1.54) is 33.4 Å². The highest BCUT2D eigenvalue weighted by Gasteiger charge is 2.05. The first-order valence-corrected chi connectivity index (χ1v) is 6.94. The van der Waals surface area contributed by atoms with Crippen LogP contribution in [0.2, 0.25) is 0 Å². The van der Waals surface area contributed by atoms with E-state index in [0.717, 1.165) is 5.75 Å². The minimum absolute atomic E-state index is 0.601. The Hall–Kier alpha value is -2.02. The van der Waals surface area contributed by atoms with Gasteiger partial charge in [-0.2, -0.15) is 0 Å². The van der Waals surface area contributed by atoms with Crippen molar-refractivity contribution < 1.29 is 4.74 Å². The summed E-state index contributed by atoms with van der Waals surface area (Å²) in [4.78, 5) is 0. The molecular weight excluding hydrogens is 244 g/mol. The summed E-state index contributed by atoms with van der Waals surface area (Å²) < 4.78 is 5.96. The monoisotopic (exact) mass is 266 g/mol. The molecule has 0 aliphatic heterocycles. The van der Waals surface area contributed by atoms with Gasteiger partial charge in [0.15, 0.2) is 0 Å². The molecule has 0 saturated heterocycles. The number of hydrogen-bond donors (Lipinski definition) is 0. The molecule has 0 fully saturated rings. The molecule has 0 aliphatic rings. The van der Waals surface area contributed by atoms with Crippen LogP contribution in [0.1, 0.15) is 33.4 Å². The minimum Gasteiger partial charge on any atom is -0.489 e. The maximum atomic E-state index is 5.96. The Morgan fingerprint density at radius 3 is 2.20 bits per heavy atom. The van der Waals surface area contributed by atoms with Gasteiger partial charge in [0.05, 0.1) is 0 Å². The zero-order valence-electron chi connectivity index (χ0n) is 12.8. The Morgan fingerprint density at radius 1 is 0.950 bits per heavy atom. The van der Waals surface area contributed by atoms with Crippen molar-refractivity contribution in [2.24, 2.45) is 0 Å². The molecule has 1 nitrogen and oxygen atoms in total. The van der Waals surface area contributed by atoms with E-state index >= 15 is 0 Å². The number of ether oxygens (including phenoxy) is 1. The lowest BCUT2D eigenvalue weighted by Gasteiger charge is -2.13. The molecule has 0 amide bonds. The smallest absolute Gasteiger partial charge is 0.122 e. The van der Waals surface area contributed by atoms with Crippen molar-refractivity contribution in [3.05, 3.63) is 70.3 Å². The number of aryl methyl sites for hydroxylation is 4. The standard InChI is InChI=1S/C19H22O/c1-6-18-15(4)10-17(11-16(18)5)12-20-19-9-13(2)7-8-14(19)3/h6-11H,1,12H2,2-5H3. The first kappa shape index (κ1) is 14.4. The third-order valence-electron chi connectivity index (χ3n) is 3.60. The van der Waals surface area contributed by atoms with Crippen LogP contribution in [-0.2, 0) is 6.61 Å². The van der Waals surface area contributed by atoms with E-state index < -0.39 is 0 Å². The first-order chi connectivity index (χ1) is 9.51. The van der Waals surface area contributed by atoms with Crippen LogP contribution < -0.4 is 4.74 Å². The molecule has 2 aromatic rings. The van der Waals surface area contributed by atoms with Crippen LogP contribution in [0.5, 0.6) is 5.75 Å². The molecule has 0 saturated carbocycles. The zero-order chi connectivity index (χ0) is 14.7. The Bertz CT molecular complexity index is 615. The van der Waals surface area contributed by atoms with E-state index in [9.17, 15) is 0 Å². The highest BCUT2D eigenvalue weighted by molar-refractivity contribution is 5.57. The van der Waals surface area contributed by atoms with Gasteiger partial charge in [0, 0.05) is 0 Å². The van der Waals surface area contributed by atoms with Gasteiger partial charge in [0.1, 0.15) is 12.4 Å². The molecule has 0 aliphatic carbocycles. The summed E-state index contributed by atoms with van der Waals surface area (Å²) in [5.74, 6) is 0.966. The summed E-state index contributed by atoms with van der Waals surface area (Å²) in [6, 6.07) is 10.6. The summed E-state index contributed by atoms with van der Waals surface area (Å²) in [7, 11) is 0. The highest BCUT2D eigenvalue weighted by atomic mass is 16.5.